The van der Waals surface area contributed by atoms with Crippen LogP contribution in [0.5, 0.6) is 0 Å². The first-order chi connectivity index (χ1) is 12.0. The maximum absolute atomic E-state index is 12.0. The lowest BCUT2D eigenvalue weighted by molar-refractivity contribution is -0.152. The molecule has 7 heteroatoms. The van der Waals surface area contributed by atoms with Gasteiger partial charge in [0.25, 0.3) is 11.8 Å². The van der Waals surface area contributed by atoms with Crippen molar-refractivity contribution in [1.82, 2.24) is 10.2 Å². The van der Waals surface area contributed by atoms with E-state index >= 15 is 0 Å². The van der Waals surface area contributed by atoms with E-state index < -0.39 is 5.97 Å². The lowest BCUT2D eigenvalue weighted by Crippen LogP contribution is -2.41. The van der Waals surface area contributed by atoms with E-state index in [1.807, 2.05) is 0 Å². The van der Waals surface area contributed by atoms with Crippen molar-refractivity contribution in [1.29, 1.82) is 0 Å². The fourth-order valence-electron chi connectivity index (χ4n) is 2.70. The van der Waals surface area contributed by atoms with Crippen LogP contribution in [0.25, 0.3) is 0 Å². The minimum absolute atomic E-state index is 0.0337. The van der Waals surface area contributed by atoms with Gasteiger partial charge in [-0.3, -0.25) is 14.4 Å². The van der Waals surface area contributed by atoms with Crippen molar-refractivity contribution in [3.63, 3.8) is 0 Å². The molecule has 1 N–H and O–H groups in total. The Morgan fingerprint density at radius 3 is 2.68 bits per heavy atom. The Balaban J connectivity index is 1.64. The van der Waals surface area contributed by atoms with Crippen LogP contribution in [0.15, 0.2) is 28.7 Å². The molecule has 1 atom stereocenters. The summed E-state index contributed by atoms with van der Waals surface area (Å²) in [6.07, 6.45) is 2.15. The predicted molar refractivity (Wildman–Crippen MR) is 97.0 cm³/mol. The van der Waals surface area contributed by atoms with E-state index in [0.29, 0.717) is 11.5 Å². The van der Waals surface area contributed by atoms with Crippen LogP contribution in [0, 0.1) is 5.92 Å². The largest absolute Gasteiger partial charge is 0.456 e. The number of piperidine rings is 1. The molecule has 1 aliphatic rings. The van der Waals surface area contributed by atoms with Crippen LogP contribution in [0.1, 0.15) is 36.5 Å². The maximum atomic E-state index is 12.0. The van der Waals surface area contributed by atoms with Gasteiger partial charge in [-0.2, -0.15) is 0 Å². The van der Waals surface area contributed by atoms with Crippen molar-refractivity contribution in [2.45, 2.75) is 26.2 Å². The third-order valence-corrected chi connectivity index (χ3v) is 4.62. The molecule has 0 spiro atoms. The fraction of sp³-hybridized carbons (Fsp3) is 0.500. The minimum Gasteiger partial charge on any atom is -0.456 e. The van der Waals surface area contributed by atoms with Gasteiger partial charge >= 0.3 is 5.97 Å². The molecule has 2 amide bonds. The number of benzene rings is 1. The Morgan fingerprint density at radius 2 is 2.00 bits per heavy atom. The number of carbonyl (C=O) groups excluding carboxylic acids is 3. The molecular formula is C18H23BrN2O4. The molecule has 0 radical (unpaired) electrons. The first-order valence-corrected chi connectivity index (χ1v) is 9.22. The molecule has 0 aliphatic carbocycles. The van der Waals surface area contributed by atoms with Gasteiger partial charge in [-0.1, -0.05) is 22.9 Å². The van der Waals surface area contributed by atoms with Crippen molar-refractivity contribution in [3.05, 3.63) is 34.3 Å². The van der Waals surface area contributed by atoms with Gasteiger partial charge in [-0.15, -0.1) is 0 Å². The standard InChI is InChI=1S/C18H23BrN2O4/c1-13-3-2-10-21(11-13)16(22)12-25-17(23)8-9-20-18(24)14-4-6-15(19)7-5-14/h4-7,13H,2-3,8-12H2,1H3,(H,20,24)/t13-/m0/s1. The highest BCUT2D eigenvalue weighted by Gasteiger charge is 2.21. The van der Waals surface area contributed by atoms with E-state index in [0.717, 1.165) is 30.4 Å². The Bertz CT molecular complexity index is 618. The maximum Gasteiger partial charge on any atom is 0.308 e. The molecule has 1 aromatic rings. The first kappa shape index (κ1) is 19.4. The Hall–Kier alpha value is -1.89. The molecule has 1 fully saturated rings. The van der Waals surface area contributed by atoms with Gasteiger partial charge in [0.2, 0.25) is 0 Å². The predicted octanol–water partition coefficient (Wildman–Crippen LogP) is 2.37. The average Bonchev–Trinajstić information content (AvgIpc) is 2.60. The molecule has 0 saturated carbocycles. The molecule has 1 saturated heterocycles. The van der Waals surface area contributed by atoms with Crippen LogP contribution in [0.3, 0.4) is 0 Å². The second-order valence-electron chi connectivity index (χ2n) is 6.26. The van der Waals surface area contributed by atoms with Gasteiger partial charge in [0.1, 0.15) is 0 Å². The van der Waals surface area contributed by atoms with Crippen molar-refractivity contribution in [3.8, 4) is 0 Å². The normalized spacial score (nSPS) is 17.0. The topological polar surface area (TPSA) is 75.7 Å². The van der Waals surface area contributed by atoms with E-state index in [1.54, 1.807) is 29.2 Å². The van der Waals surface area contributed by atoms with Crippen LogP contribution in [-0.2, 0) is 14.3 Å². The lowest BCUT2D eigenvalue weighted by atomic mass is 10.0. The lowest BCUT2D eigenvalue weighted by Gasteiger charge is -2.30. The number of hydrogen-bond acceptors (Lipinski definition) is 4. The Labute approximate surface area is 156 Å². The number of halogens is 1. The number of nitrogens with zero attached hydrogens (tertiary/aromatic N) is 1. The minimum atomic E-state index is -0.491. The van der Waals surface area contributed by atoms with Gasteiger partial charge < -0.3 is 15.0 Å². The molecule has 0 bridgehead atoms. The summed E-state index contributed by atoms with van der Waals surface area (Å²) in [5.74, 6) is -0.408. The fourth-order valence-corrected chi connectivity index (χ4v) is 2.97. The average molecular weight is 411 g/mol. The summed E-state index contributed by atoms with van der Waals surface area (Å²) in [5.41, 5.74) is 0.519. The zero-order valence-corrected chi connectivity index (χ0v) is 15.9. The van der Waals surface area contributed by atoms with Crippen molar-refractivity contribution in [2.24, 2.45) is 5.92 Å². The van der Waals surface area contributed by atoms with Gasteiger partial charge in [-0.25, -0.2) is 0 Å². The van der Waals surface area contributed by atoms with Gasteiger partial charge in [0.15, 0.2) is 6.61 Å². The summed E-state index contributed by atoms with van der Waals surface area (Å²) in [7, 11) is 0. The molecule has 0 aromatic heterocycles. The summed E-state index contributed by atoms with van der Waals surface area (Å²) in [6, 6.07) is 6.93. The molecular weight excluding hydrogens is 388 g/mol. The summed E-state index contributed by atoms with van der Waals surface area (Å²) >= 11 is 3.30. The van der Waals surface area contributed by atoms with Gasteiger partial charge in [-0.05, 0) is 43.0 Å². The number of nitrogens with one attached hydrogen (secondary N) is 1. The van der Waals surface area contributed by atoms with E-state index in [1.165, 1.54) is 0 Å². The van der Waals surface area contributed by atoms with Crippen molar-refractivity contribution >= 4 is 33.7 Å². The molecule has 1 aliphatic heterocycles. The summed E-state index contributed by atoms with van der Waals surface area (Å²) in [5, 5.41) is 2.66. The monoisotopic (exact) mass is 410 g/mol. The van der Waals surface area contributed by atoms with Crippen LogP contribution in [0.4, 0.5) is 0 Å². The molecule has 136 valence electrons. The highest BCUT2D eigenvalue weighted by molar-refractivity contribution is 9.10. The van der Waals surface area contributed by atoms with Crippen molar-refractivity contribution in [2.75, 3.05) is 26.2 Å². The summed E-state index contributed by atoms with van der Waals surface area (Å²) in [4.78, 5) is 37.4. The highest BCUT2D eigenvalue weighted by atomic mass is 79.9. The SMILES string of the molecule is C[C@H]1CCCN(C(=O)COC(=O)CCNC(=O)c2ccc(Br)cc2)C1. The number of hydrogen-bond donors (Lipinski definition) is 1. The Morgan fingerprint density at radius 1 is 1.28 bits per heavy atom. The van der Waals surface area contributed by atoms with Crippen LogP contribution in [0.2, 0.25) is 0 Å². The third-order valence-electron chi connectivity index (χ3n) is 4.09. The van der Waals surface area contributed by atoms with Crippen LogP contribution >= 0.6 is 15.9 Å². The molecule has 0 unspecified atom stereocenters. The van der Waals surface area contributed by atoms with Crippen LogP contribution < -0.4 is 5.32 Å². The number of likely N-dealkylation sites (tertiary alicyclic amines) is 1. The first-order valence-electron chi connectivity index (χ1n) is 8.43. The molecule has 1 aromatic carbocycles. The second kappa shape index (κ2) is 9.56. The van der Waals surface area contributed by atoms with E-state index in [9.17, 15) is 14.4 Å². The van der Waals surface area contributed by atoms with Gasteiger partial charge in [0.05, 0.1) is 6.42 Å². The number of esters is 1. The second-order valence-corrected chi connectivity index (χ2v) is 7.18. The number of rotatable bonds is 6. The Kier molecular flexibility index (Phi) is 7.43. The van der Waals surface area contributed by atoms with Crippen LogP contribution in [-0.4, -0.2) is 48.9 Å². The van der Waals surface area contributed by atoms with Gasteiger partial charge in [0, 0.05) is 29.7 Å². The quantitative estimate of drug-likeness (QED) is 0.730. The zero-order valence-electron chi connectivity index (χ0n) is 14.3. The highest BCUT2D eigenvalue weighted by Crippen LogP contribution is 2.15. The molecule has 2 rings (SSSR count). The van der Waals surface area contributed by atoms with E-state index in [-0.39, 0.29) is 31.4 Å². The smallest absolute Gasteiger partial charge is 0.308 e. The van der Waals surface area contributed by atoms with Crippen molar-refractivity contribution < 1.29 is 19.1 Å². The summed E-state index contributed by atoms with van der Waals surface area (Å²) < 4.78 is 5.90. The number of amides is 2. The summed E-state index contributed by atoms with van der Waals surface area (Å²) in [6.45, 7) is 3.50. The molecule has 25 heavy (non-hydrogen) atoms. The van der Waals surface area contributed by atoms with E-state index in [4.69, 9.17) is 4.74 Å². The van der Waals surface area contributed by atoms with E-state index in [2.05, 4.69) is 28.2 Å². The number of ether oxygens (including phenoxy) is 1. The molecule has 1 heterocycles. The number of carbonyl (C=O) groups is 3. The molecule has 6 nitrogen and oxygen atoms in total. The zero-order chi connectivity index (χ0) is 18.2. The third kappa shape index (κ3) is 6.49.